The summed E-state index contributed by atoms with van der Waals surface area (Å²) in [6, 6.07) is 5.72. The molecular formula is C30H50O3. The summed E-state index contributed by atoms with van der Waals surface area (Å²) in [5.41, 5.74) is -0.247. The van der Waals surface area contributed by atoms with E-state index < -0.39 is 0 Å². The van der Waals surface area contributed by atoms with E-state index in [-0.39, 0.29) is 17.0 Å². The molecule has 1 N–H and O–H groups in total. The Labute approximate surface area is 203 Å². The summed E-state index contributed by atoms with van der Waals surface area (Å²) in [4.78, 5) is 0. The summed E-state index contributed by atoms with van der Waals surface area (Å²) < 4.78 is 13.7. The molecule has 188 valence electrons. The Morgan fingerprint density at radius 1 is 0.667 bits per heavy atom. The molecule has 0 aliphatic heterocycles. The zero-order valence-electron chi connectivity index (χ0n) is 21.6. The molecule has 0 atom stereocenters. The molecule has 0 amide bonds. The predicted octanol–water partition coefficient (Wildman–Crippen LogP) is 9.50. The van der Waals surface area contributed by atoms with Gasteiger partial charge in [0.05, 0.1) is 0 Å². The van der Waals surface area contributed by atoms with Crippen molar-refractivity contribution in [2.45, 2.75) is 153 Å². The second-order valence-electron chi connectivity index (χ2n) is 10.9. The van der Waals surface area contributed by atoms with E-state index in [0.29, 0.717) is 5.75 Å². The Morgan fingerprint density at radius 2 is 1.18 bits per heavy atom. The molecule has 2 aliphatic carbocycles. The van der Waals surface area contributed by atoms with Crippen molar-refractivity contribution in [1.29, 1.82) is 0 Å². The summed E-state index contributed by atoms with van der Waals surface area (Å²) >= 11 is 0. The highest BCUT2D eigenvalue weighted by Crippen LogP contribution is 2.47. The van der Waals surface area contributed by atoms with Crippen LogP contribution in [0.2, 0.25) is 0 Å². The summed E-state index contributed by atoms with van der Waals surface area (Å²) in [5.74, 6) is 1.61. The lowest BCUT2D eigenvalue weighted by molar-refractivity contribution is -0.00578. The maximum atomic E-state index is 10.9. The quantitative estimate of drug-likeness (QED) is 0.282. The number of phenols is 1. The van der Waals surface area contributed by atoms with Crippen LogP contribution in [-0.2, 0) is 0 Å². The van der Waals surface area contributed by atoms with Crippen LogP contribution in [0.3, 0.4) is 0 Å². The second-order valence-corrected chi connectivity index (χ2v) is 10.9. The lowest BCUT2D eigenvalue weighted by Crippen LogP contribution is -2.40. The van der Waals surface area contributed by atoms with Crippen LogP contribution in [0.25, 0.3) is 0 Å². The molecule has 0 unspecified atom stereocenters. The topological polar surface area (TPSA) is 38.7 Å². The van der Waals surface area contributed by atoms with Crippen molar-refractivity contribution in [2.24, 2.45) is 0 Å². The van der Waals surface area contributed by atoms with Gasteiger partial charge in [0, 0.05) is 0 Å². The van der Waals surface area contributed by atoms with Gasteiger partial charge in [0.15, 0.2) is 11.5 Å². The molecule has 0 heterocycles. The van der Waals surface area contributed by atoms with Crippen molar-refractivity contribution in [1.82, 2.24) is 0 Å². The van der Waals surface area contributed by atoms with E-state index in [0.717, 1.165) is 44.3 Å². The van der Waals surface area contributed by atoms with Crippen molar-refractivity contribution in [2.75, 3.05) is 0 Å². The minimum absolute atomic E-state index is 0.0985. The van der Waals surface area contributed by atoms with Crippen LogP contribution in [0.4, 0.5) is 0 Å². The number of phenolic OH excluding ortho intramolecular Hbond substituents is 1. The van der Waals surface area contributed by atoms with Gasteiger partial charge in [-0.3, -0.25) is 0 Å². The van der Waals surface area contributed by atoms with Crippen LogP contribution in [0, 0.1) is 0 Å². The molecule has 3 heteroatoms. The number of benzene rings is 1. The van der Waals surface area contributed by atoms with Crippen molar-refractivity contribution < 1.29 is 14.6 Å². The van der Waals surface area contributed by atoms with Crippen LogP contribution >= 0.6 is 0 Å². The maximum Gasteiger partial charge on any atom is 0.203 e. The zero-order valence-corrected chi connectivity index (χ0v) is 21.6. The first-order valence-electron chi connectivity index (χ1n) is 14.3. The lowest BCUT2D eigenvalue weighted by atomic mass is 9.80. The third-order valence-corrected chi connectivity index (χ3v) is 8.10. The van der Waals surface area contributed by atoms with Gasteiger partial charge in [0.2, 0.25) is 5.75 Å². The molecule has 3 nitrogen and oxygen atoms in total. The number of unbranched alkanes of at least 4 members (excludes halogenated alkanes) is 6. The molecule has 2 saturated carbocycles. The fourth-order valence-corrected chi connectivity index (χ4v) is 6.08. The van der Waals surface area contributed by atoms with Crippen LogP contribution < -0.4 is 9.47 Å². The Hall–Kier alpha value is -1.38. The van der Waals surface area contributed by atoms with Gasteiger partial charge in [0.1, 0.15) is 11.2 Å². The number of hydrogen-bond donors (Lipinski definition) is 1. The van der Waals surface area contributed by atoms with Gasteiger partial charge in [-0.25, -0.2) is 0 Å². The van der Waals surface area contributed by atoms with Gasteiger partial charge in [0.25, 0.3) is 0 Å². The standard InChI is InChI=1S/C30H50O3/c1-3-5-7-11-20-29(21-13-9-14-22-29)32-27-19-17-18-26(31)28(27)33-30(23-12-8-6-4-2)24-15-10-16-25-30/h17-19,31H,3-16,20-25H2,1-2H3. The maximum absolute atomic E-state index is 10.9. The van der Waals surface area contributed by atoms with Gasteiger partial charge >= 0.3 is 0 Å². The van der Waals surface area contributed by atoms with E-state index >= 15 is 0 Å². The predicted molar refractivity (Wildman–Crippen MR) is 139 cm³/mol. The SMILES string of the molecule is CCCCCCC1(Oc2cccc(O)c2OC2(CCCCCC)CCCCC2)CCCCC1. The van der Waals surface area contributed by atoms with Crippen LogP contribution in [0.1, 0.15) is 142 Å². The van der Waals surface area contributed by atoms with Gasteiger partial charge in [-0.1, -0.05) is 71.3 Å². The summed E-state index contributed by atoms with van der Waals surface area (Å²) in [5, 5.41) is 10.9. The van der Waals surface area contributed by atoms with Crippen LogP contribution in [0.15, 0.2) is 18.2 Å². The van der Waals surface area contributed by atoms with Gasteiger partial charge in [-0.15, -0.1) is 0 Å². The van der Waals surface area contributed by atoms with E-state index in [9.17, 15) is 5.11 Å². The van der Waals surface area contributed by atoms with E-state index in [1.165, 1.54) is 89.9 Å². The Morgan fingerprint density at radius 3 is 1.70 bits per heavy atom. The first kappa shape index (κ1) is 26.2. The number of para-hydroxylation sites is 1. The molecule has 0 radical (unpaired) electrons. The first-order valence-corrected chi connectivity index (χ1v) is 14.3. The van der Waals surface area contributed by atoms with E-state index in [1.54, 1.807) is 6.07 Å². The highest BCUT2D eigenvalue weighted by atomic mass is 16.5. The Balaban J connectivity index is 1.78. The Kier molecular flexibility index (Phi) is 10.7. The number of ether oxygens (including phenoxy) is 2. The molecule has 3 rings (SSSR count). The van der Waals surface area contributed by atoms with Crippen molar-refractivity contribution >= 4 is 0 Å². The molecule has 0 saturated heterocycles. The summed E-state index contributed by atoms with van der Waals surface area (Å²) in [6.45, 7) is 4.54. The van der Waals surface area contributed by atoms with Gasteiger partial charge < -0.3 is 14.6 Å². The molecule has 2 fully saturated rings. The monoisotopic (exact) mass is 458 g/mol. The minimum atomic E-state index is -0.149. The third-order valence-electron chi connectivity index (χ3n) is 8.10. The van der Waals surface area contributed by atoms with E-state index in [1.807, 2.05) is 12.1 Å². The number of hydrogen-bond acceptors (Lipinski definition) is 3. The largest absolute Gasteiger partial charge is 0.504 e. The van der Waals surface area contributed by atoms with E-state index in [2.05, 4.69) is 13.8 Å². The highest BCUT2D eigenvalue weighted by Gasteiger charge is 2.38. The van der Waals surface area contributed by atoms with Gasteiger partial charge in [-0.2, -0.15) is 0 Å². The molecule has 1 aromatic carbocycles. The molecule has 0 spiro atoms. The second kappa shape index (κ2) is 13.5. The normalized spacial score (nSPS) is 19.8. The highest BCUT2D eigenvalue weighted by molar-refractivity contribution is 5.51. The lowest BCUT2D eigenvalue weighted by Gasteiger charge is -2.41. The van der Waals surface area contributed by atoms with Crippen molar-refractivity contribution in [3.05, 3.63) is 18.2 Å². The first-order chi connectivity index (χ1) is 16.1. The molecule has 0 bridgehead atoms. The molecule has 33 heavy (non-hydrogen) atoms. The molecule has 1 aromatic rings. The van der Waals surface area contributed by atoms with Crippen molar-refractivity contribution in [3.63, 3.8) is 0 Å². The minimum Gasteiger partial charge on any atom is -0.504 e. The molecular weight excluding hydrogens is 408 g/mol. The molecule has 0 aromatic heterocycles. The van der Waals surface area contributed by atoms with Crippen LogP contribution in [-0.4, -0.2) is 16.3 Å². The average Bonchev–Trinajstić information content (AvgIpc) is 2.83. The average molecular weight is 459 g/mol. The smallest absolute Gasteiger partial charge is 0.203 e. The molecule has 2 aliphatic rings. The zero-order chi connectivity index (χ0) is 23.4. The third kappa shape index (κ3) is 7.82. The Bertz CT molecular complexity index is 671. The summed E-state index contributed by atoms with van der Waals surface area (Å²) in [7, 11) is 0. The van der Waals surface area contributed by atoms with E-state index in [4.69, 9.17) is 9.47 Å². The fourth-order valence-electron chi connectivity index (χ4n) is 6.08. The van der Waals surface area contributed by atoms with Crippen LogP contribution in [0.5, 0.6) is 17.2 Å². The number of rotatable bonds is 14. The van der Waals surface area contributed by atoms with Crippen molar-refractivity contribution in [3.8, 4) is 17.2 Å². The van der Waals surface area contributed by atoms with Gasteiger partial charge in [-0.05, 0) is 89.2 Å². The fraction of sp³-hybridized carbons (Fsp3) is 0.800. The summed E-state index contributed by atoms with van der Waals surface area (Å²) in [6.07, 6.45) is 24.3. The number of aromatic hydroxyl groups is 1.